The molecule has 8 heteroatoms. The fourth-order valence-corrected chi connectivity index (χ4v) is 1.36. The van der Waals surface area contributed by atoms with Gasteiger partial charge in [0, 0.05) is 7.11 Å². The van der Waals surface area contributed by atoms with Crippen LogP contribution in [-0.4, -0.2) is 65.1 Å². The van der Waals surface area contributed by atoms with Crippen LogP contribution >= 0.6 is 8.17 Å². The van der Waals surface area contributed by atoms with Crippen molar-refractivity contribution in [1.82, 2.24) is 0 Å². The molecule has 0 rings (SSSR count). The summed E-state index contributed by atoms with van der Waals surface area (Å²) in [6, 6.07) is 0. The van der Waals surface area contributed by atoms with Gasteiger partial charge >= 0.3 is 8.17 Å². The van der Waals surface area contributed by atoms with Gasteiger partial charge in [0.1, 0.15) is 13.2 Å². The average molecular weight is 270 g/mol. The second-order valence-electron chi connectivity index (χ2n) is 2.86. The van der Waals surface area contributed by atoms with Crippen molar-refractivity contribution in [3.05, 3.63) is 0 Å². The molecule has 0 fully saturated rings. The Bertz CT molecular complexity index is 183. The highest BCUT2D eigenvalue weighted by molar-refractivity contribution is 7.34. The number of nitrogens with one attached hydrogen (secondary N) is 1. The van der Waals surface area contributed by atoms with E-state index in [-0.39, 0.29) is 13.2 Å². The number of methoxy groups -OCH3 is 1. The van der Waals surface area contributed by atoms with Gasteiger partial charge in [0.15, 0.2) is 0 Å². The lowest BCUT2D eigenvalue weighted by Gasteiger charge is -2.00. The van der Waals surface area contributed by atoms with Gasteiger partial charge in [-0.05, 0) is 0 Å². The summed E-state index contributed by atoms with van der Waals surface area (Å²) in [5.41, 5.74) is 0. The molecular formula is C9H21NO6P+. The summed E-state index contributed by atoms with van der Waals surface area (Å²) >= 11 is 0. The molecule has 0 spiro atoms. The monoisotopic (exact) mass is 270 g/mol. The second-order valence-corrected chi connectivity index (χ2v) is 3.90. The first-order valence-corrected chi connectivity index (χ1v) is 6.51. The normalized spacial score (nSPS) is 11.8. The van der Waals surface area contributed by atoms with Crippen LogP contribution in [0.25, 0.3) is 0 Å². The Balaban J connectivity index is 3.12. The minimum Gasteiger partial charge on any atom is -0.394 e. The Hall–Kier alpha value is -0.140. The van der Waals surface area contributed by atoms with Crippen LogP contribution in [0.1, 0.15) is 0 Å². The van der Waals surface area contributed by atoms with Crippen molar-refractivity contribution in [2.75, 3.05) is 60.0 Å². The van der Waals surface area contributed by atoms with Crippen LogP contribution in [0.2, 0.25) is 0 Å². The number of rotatable bonds is 13. The molecule has 0 aliphatic heterocycles. The standard InChI is InChI=1S/C9H21NO6P/c1-12-4-5-14-7-9-16-17(10)15-8-6-13-3-2-11/h10-11H,2-9H2,1H3/q+1. The number of aliphatic hydroxyl groups is 1. The van der Waals surface area contributed by atoms with E-state index in [1.807, 2.05) is 0 Å². The van der Waals surface area contributed by atoms with E-state index in [1.54, 1.807) is 7.11 Å². The smallest absolute Gasteiger partial charge is 0.394 e. The minimum absolute atomic E-state index is 0.00898. The highest BCUT2D eigenvalue weighted by Crippen LogP contribution is 2.23. The summed E-state index contributed by atoms with van der Waals surface area (Å²) < 4.78 is 25.0. The first-order chi connectivity index (χ1) is 8.31. The molecule has 0 aliphatic rings. The molecule has 0 amide bonds. The maximum absolute atomic E-state index is 8.43. The number of aliphatic hydroxyl groups excluding tert-OH is 1. The number of hydrogen-bond acceptors (Lipinski definition) is 7. The molecular weight excluding hydrogens is 249 g/mol. The van der Waals surface area contributed by atoms with Gasteiger partial charge < -0.3 is 19.3 Å². The van der Waals surface area contributed by atoms with E-state index >= 15 is 0 Å². The third-order valence-electron chi connectivity index (χ3n) is 1.54. The van der Waals surface area contributed by atoms with E-state index < -0.39 is 8.17 Å². The summed E-state index contributed by atoms with van der Waals surface area (Å²) in [6.45, 7) is 2.74. The van der Waals surface area contributed by atoms with E-state index in [4.69, 9.17) is 33.5 Å². The van der Waals surface area contributed by atoms with Crippen molar-refractivity contribution in [1.29, 1.82) is 5.16 Å². The zero-order valence-electron chi connectivity index (χ0n) is 10.1. The maximum atomic E-state index is 8.43. The third-order valence-corrected chi connectivity index (χ3v) is 2.37. The zero-order chi connectivity index (χ0) is 12.8. The Kier molecular flexibility index (Phi) is 13.8. The van der Waals surface area contributed by atoms with Gasteiger partial charge in [0.2, 0.25) is 0 Å². The quantitative estimate of drug-likeness (QED) is 0.379. The molecule has 102 valence electrons. The Morgan fingerprint density at radius 2 is 1.41 bits per heavy atom. The van der Waals surface area contributed by atoms with E-state index in [0.29, 0.717) is 39.6 Å². The van der Waals surface area contributed by atoms with Crippen LogP contribution in [0, 0.1) is 5.16 Å². The average Bonchev–Trinajstić information content (AvgIpc) is 2.33. The number of ether oxygens (including phenoxy) is 3. The second kappa shape index (κ2) is 13.9. The minimum atomic E-state index is -1.63. The lowest BCUT2D eigenvalue weighted by atomic mass is 10.7. The lowest BCUT2D eigenvalue weighted by molar-refractivity contribution is 0.0503. The first-order valence-electron chi connectivity index (χ1n) is 5.33. The maximum Gasteiger partial charge on any atom is 0.556 e. The molecule has 17 heavy (non-hydrogen) atoms. The van der Waals surface area contributed by atoms with Gasteiger partial charge in [0.25, 0.3) is 0 Å². The summed E-state index contributed by atoms with van der Waals surface area (Å²) in [7, 11) is -0.0229. The zero-order valence-corrected chi connectivity index (χ0v) is 11.0. The highest BCUT2D eigenvalue weighted by atomic mass is 31.1. The number of hydrogen-bond donors (Lipinski definition) is 2. The highest BCUT2D eigenvalue weighted by Gasteiger charge is 2.13. The van der Waals surface area contributed by atoms with Crippen LogP contribution in [0.5, 0.6) is 0 Å². The molecule has 0 saturated heterocycles. The van der Waals surface area contributed by atoms with Crippen molar-refractivity contribution in [2.24, 2.45) is 0 Å². The van der Waals surface area contributed by atoms with Crippen molar-refractivity contribution in [3.8, 4) is 0 Å². The van der Waals surface area contributed by atoms with E-state index in [1.165, 1.54) is 0 Å². The largest absolute Gasteiger partial charge is 0.556 e. The van der Waals surface area contributed by atoms with Crippen LogP contribution in [0.4, 0.5) is 0 Å². The molecule has 0 radical (unpaired) electrons. The van der Waals surface area contributed by atoms with Gasteiger partial charge in [-0.25, -0.2) is 0 Å². The van der Waals surface area contributed by atoms with Crippen molar-refractivity contribution in [3.63, 3.8) is 0 Å². The lowest BCUT2D eigenvalue weighted by Crippen LogP contribution is -2.07. The van der Waals surface area contributed by atoms with Gasteiger partial charge in [-0.1, -0.05) is 5.16 Å². The summed E-state index contributed by atoms with van der Waals surface area (Å²) in [4.78, 5) is 0. The van der Waals surface area contributed by atoms with Crippen LogP contribution < -0.4 is 0 Å². The summed E-state index contributed by atoms with van der Waals surface area (Å²) in [5, 5.41) is 15.8. The van der Waals surface area contributed by atoms with Gasteiger partial charge in [-0.15, -0.1) is 9.05 Å². The predicted octanol–water partition coefficient (Wildman–Crippen LogP) is 0.766. The van der Waals surface area contributed by atoms with Crippen molar-refractivity contribution in [2.45, 2.75) is 0 Å². The fraction of sp³-hybridized carbons (Fsp3) is 1.00. The fourth-order valence-electron chi connectivity index (χ4n) is 0.806. The summed E-state index contributed by atoms with van der Waals surface area (Å²) in [5.74, 6) is 0. The van der Waals surface area contributed by atoms with E-state index in [0.717, 1.165) is 0 Å². The summed E-state index contributed by atoms with van der Waals surface area (Å²) in [6.07, 6.45) is 0. The molecule has 0 aromatic heterocycles. The Morgan fingerprint density at radius 1 is 0.882 bits per heavy atom. The van der Waals surface area contributed by atoms with Crippen LogP contribution in [0.15, 0.2) is 0 Å². The van der Waals surface area contributed by atoms with Crippen LogP contribution in [-0.2, 0) is 23.3 Å². The molecule has 0 aromatic rings. The molecule has 1 unspecified atom stereocenters. The van der Waals surface area contributed by atoms with Crippen molar-refractivity contribution < 1.29 is 28.4 Å². The van der Waals surface area contributed by atoms with E-state index in [2.05, 4.69) is 0 Å². The first kappa shape index (κ1) is 16.9. The molecule has 7 nitrogen and oxygen atoms in total. The Morgan fingerprint density at radius 3 is 1.94 bits per heavy atom. The van der Waals surface area contributed by atoms with E-state index in [9.17, 15) is 0 Å². The Labute approximate surface area is 102 Å². The SMILES string of the molecule is COCCOCCO[P+](=N)OCCOCCO. The molecule has 0 bridgehead atoms. The van der Waals surface area contributed by atoms with Crippen molar-refractivity contribution >= 4 is 8.17 Å². The molecule has 2 N–H and O–H groups in total. The topological polar surface area (TPSA) is 90.2 Å². The van der Waals surface area contributed by atoms with Gasteiger partial charge in [0.05, 0.1) is 39.6 Å². The van der Waals surface area contributed by atoms with Crippen LogP contribution in [0.3, 0.4) is 0 Å². The van der Waals surface area contributed by atoms with Gasteiger partial charge in [-0.2, -0.15) is 0 Å². The molecule has 0 heterocycles. The molecule has 0 aliphatic carbocycles. The predicted molar refractivity (Wildman–Crippen MR) is 62.1 cm³/mol. The molecule has 1 atom stereocenters. The molecule has 0 saturated carbocycles. The third kappa shape index (κ3) is 13.8. The molecule has 0 aromatic carbocycles. The van der Waals surface area contributed by atoms with Gasteiger partial charge in [-0.3, -0.25) is 0 Å².